The highest BCUT2D eigenvalue weighted by Crippen LogP contribution is 2.29. The average molecular weight is 338 g/mol. The molecule has 0 saturated heterocycles. The maximum Gasteiger partial charge on any atom is 0.229 e. The van der Waals surface area contributed by atoms with Crippen molar-refractivity contribution in [3.63, 3.8) is 0 Å². The number of amides is 2. The van der Waals surface area contributed by atoms with Gasteiger partial charge in [0.25, 0.3) is 0 Å². The van der Waals surface area contributed by atoms with Gasteiger partial charge >= 0.3 is 0 Å². The lowest BCUT2D eigenvalue weighted by atomic mass is 9.86. The highest BCUT2D eigenvalue weighted by Gasteiger charge is 2.27. The fourth-order valence-corrected chi connectivity index (χ4v) is 3.11. The SMILES string of the molecule is Cc1cccc(NC(=O)CCNC(=O)[C@H]2CCCc3cccnc32)n1. The highest BCUT2D eigenvalue weighted by molar-refractivity contribution is 5.90. The minimum atomic E-state index is -0.216. The minimum absolute atomic E-state index is 0.0545. The first-order valence-electron chi connectivity index (χ1n) is 8.58. The van der Waals surface area contributed by atoms with E-state index in [0.29, 0.717) is 12.4 Å². The largest absolute Gasteiger partial charge is 0.355 e. The summed E-state index contributed by atoms with van der Waals surface area (Å²) in [5, 5.41) is 5.60. The van der Waals surface area contributed by atoms with E-state index in [1.807, 2.05) is 31.2 Å². The normalized spacial score (nSPS) is 16.0. The zero-order chi connectivity index (χ0) is 17.6. The number of aromatic nitrogens is 2. The molecule has 1 atom stereocenters. The minimum Gasteiger partial charge on any atom is -0.355 e. The molecule has 0 unspecified atom stereocenters. The second-order valence-corrected chi connectivity index (χ2v) is 6.25. The molecule has 1 aliphatic carbocycles. The standard InChI is InChI=1S/C19H22N4O2/c1-13-5-2-9-16(22-13)23-17(24)10-12-21-19(25)15-8-3-6-14-7-4-11-20-18(14)15/h2,4-5,7,9,11,15H,3,6,8,10,12H2,1H3,(H,21,25)(H,22,23,24)/t15-/m0/s1. The van der Waals surface area contributed by atoms with Gasteiger partial charge in [-0.25, -0.2) is 4.98 Å². The molecule has 6 heteroatoms. The van der Waals surface area contributed by atoms with E-state index < -0.39 is 0 Å². The van der Waals surface area contributed by atoms with E-state index in [1.165, 1.54) is 0 Å². The van der Waals surface area contributed by atoms with Gasteiger partial charge in [-0.2, -0.15) is 0 Å². The third-order valence-electron chi connectivity index (χ3n) is 4.32. The molecule has 2 aromatic rings. The number of carbonyl (C=O) groups excluding carboxylic acids is 2. The van der Waals surface area contributed by atoms with Gasteiger partial charge in [-0.05, 0) is 49.9 Å². The average Bonchev–Trinajstić information content (AvgIpc) is 2.61. The van der Waals surface area contributed by atoms with Crippen LogP contribution in [0, 0.1) is 6.92 Å². The van der Waals surface area contributed by atoms with E-state index in [9.17, 15) is 9.59 Å². The van der Waals surface area contributed by atoms with Gasteiger partial charge in [-0.1, -0.05) is 12.1 Å². The highest BCUT2D eigenvalue weighted by atomic mass is 16.2. The number of rotatable bonds is 5. The first-order valence-corrected chi connectivity index (χ1v) is 8.58. The van der Waals surface area contributed by atoms with Gasteiger partial charge < -0.3 is 10.6 Å². The molecule has 6 nitrogen and oxygen atoms in total. The zero-order valence-corrected chi connectivity index (χ0v) is 14.3. The van der Waals surface area contributed by atoms with Crippen molar-refractivity contribution >= 4 is 17.6 Å². The molecular weight excluding hydrogens is 316 g/mol. The monoisotopic (exact) mass is 338 g/mol. The Balaban J connectivity index is 1.49. The lowest BCUT2D eigenvalue weighted by Gasteiger charge is -2.23. The summed E-state index contributed by atoms with van der Waals surface area (Å²) in [7, 11) is 0. The van der Waals surface area contributed by atoms with Crippen molar-refractivity contribution in [3.05, 3.63) is 53.5 Å². The van der Waals surface area contributed by atoms with Gasteiger partial charge in [0, 0.05) is 24.9 Å². The number of carbonyl (C=O) groups is 2. The topological polar surface area (TPSA) is 84.0 Å². The van der Waals surface area contributed by atoms with Crippen LogP contribution in [-0.4, -0.2) is 28.3 Å². The Morgan fingerprint density at radius 1 is 1.24 bits per heavy atom. The smallest absolute Gasteiger partial charge is 0.229 e. The Bertz CT molecular complexity index is 776. The van der Waals surface area contributed by atoms with E-state index >= 15 is 0 Å². The van der Waals surface area contributed by atoms with Crippen molar-refractivity contribution in [2.75, 3.05) is 11.9 Å². The molecule has 25 heavy (non-hydrogen) atoms. The molecule has 130 valence electrons. The van der Waals surface area contributed by atoms with Crippen LogP contribution < -0.4 is 10.6 Å². The molecular formula is C19H22N4O2. The molecule has 0 fully saturated rings. The summed E-state index contributed by atoms with van der Waals surface area (Å²) in [6.07, 6.45) is 4.69. The Morgan fingerprint density at radius 2 is 2.12 bits per heavy atom. The number of hydrogen-bond acceptors (Lipinski definition) is 4. The molecule has 0 bridgehead atoms. The first kappa shape index (κ1) is 17.1. The van der Waals surface area contributed by atoms with E-state index in [-0.39, 0.29) is 24.2 Å². The van der Waals surface area contributed by atoms with Gasteiger partial charge in [-0.3, -0.25) is 14.6 Å². The quantitative estimate of drug-likeness (QED) is 0.876. The van der Waals surface area contributed by atoms with E-state index in [1.54, 1.807) is 12.3 Å². The van der Waals surface area contributed by atoms with Crippen molar-refractivity contribution < 1.29 is 9.59 Å². The summed E-state index contributed by atoms with van der Waals surface area (Å²) in [6.45, 7) is 2.17. The number of nitrogens with zero attached hydrogens (tertiary/aromatic N) is 2. The lowest BCUT2D eigenvalue weighted by molar-refractivity contribution is -0.123. The summed E-state index contributed by atoms with van der Waals surface area (Å²) >= 11 is 0. The molecule has 3 rings (SSSR count). The fraction of sp³-hybridized carbons (Fsp3) is 0.368. The molecule has 0 aromatic carbocycles. The molecule has 1 aliphatic rings. The van der Waals surface area contributed by atoms with Gasteiger partial charge in [0.1, 0.15) is 5.82 Å². The third-order valence-corrected chi connectivity index (χ3v) is 4.32. The van der Waals surface area contributed by atoms with E-state index in [0.717, 1.165) is 36.2 Å². The lowest BCUT2D eigenvalue weighted by Crippen LogP contribution is -2.34. The Hall–Kier alpha value is -2.76. The third kappa shape index (κ3) is 4.41. The number of hydrogen-bond donors (Lipinski definition) is 2. The second kappa shape index (κ2) is 7.88. The van der Waals surface area contributed by atoms with Crippen LogP contribution in [0.15, 0.2) is 36.5 Å². The summed E-state index contributed by atoms with van der Waals surface area (Å²) < 4.78 is 0. The van der Waals surface area contributed by atoms with Crippen LogP contribution >= 0.6 is 0 Å². The van der Waals surface area contributed by atoms with Gasteiger partial charge in [0.05, 0.1) is 11.6 Å². The molecule has 2 N–H and O–H groups in total. The molecule has 2 heterocycles. The molecule has 0 radical (unpaired) electrons. The second-order valence-electron chi connectivity index (χ2n) is 6.25. The van der Waals surface area contributed by atoms with Crippen molar-refractivity contribution in [1.29, 1.82) is 0 Å². The van der Waals surface area contributed by atoms with Crippen LogP contribution in [0.1, 0.15) is 42.1 Å². The molecule has 0 aliphatic heterocycles. The Morgan fingerprint density at radius 3 is 2.96 bits per heavy atom. The molecule has 2 aromatic heterocycles. The Labute approximate surface area is 147 Å². The van der Waals surface area contributed by atoms with Crippen LogP contribution in [0.5, 0.6) is 0 Å². The number of nitrogens with one attached hydrogen (secondary N) is 2. The maximum atomic E-state index is 12.5. The van der Waals surface area contributed by atoms with Crippen LogP contribution in [0.2, 0.25) is 0 Å². The van der Waals surface area contributed by atoms with Gasteiger partial charge in [0.2, 0.25) is 11.8 Å². The van der Waals surface area contributed by atoms with E-state index in [4.69, 9.17) is 0 Å². The van der Waals surface area contributed by atoms with Crippen LogP contribution in [0.4, 0.5) is 5.82 Å². The zero-order valence-electron chi connectivity index (χ0n) is 14.3. The summed E-state index contributed by atoms with van der Waals surface area (Å²) in [5.74, 6) is 0.0925. The fourth-order valence-electron chi connectivity index (χ4n) is 3.11. The predicted molar refractivity (Wildman–Crippen MR) is 95.1 cm³/mol. The van der Waals surface area contributed by atoms with Crippen molar-refractivity contribution in [3.8, 4) is 0 Å². The predicted octanol–water partition coefficient (Wildman–Crippen LogP) is 2.35. The maximum absolute atomic E-state index is 12.5. The summed E-state index contributed by atoms with van der Waals surface area (Å²) in [6, 6.07) is 9.39. The number of pyridine rings is 2. The van der Waals surface area contributed by atoms with Crippen molar-refractivity contribution in [2.45, 2.75) is 38.5 Å². The molecule has 0 spiro atoms. The van der Waals surface area contributed by atoms with Crippen LogP contribution in [0.25, 0.3) is 0 Å². The van der Waals surface area contributed by atoms with Crippen LogP contribution in [0.3, 0.4) is 0 Å². The number of aryl methyl sites for hydroxylation is 2. The van der Waals surface area contributed by atoms with Crippen molar-refractivity contribution in [2.24, 2.45) is 0 Å². The Kier molecular flexibility index (Phi) is 5.38. The van der Waals surface area contributed by atoms with E-state index in [2.05, 4.69) is 20.6 Å². The first-order chi connectivity index (χ1) is 12.1. The number of fused-ring (bicyclic) bond motifs is 1. The summed E-state index contributed by atoms with van der Waals surface area (Å²) in [4.78, 5) is 33.0. The molecule has 0 saturated carbocycles. The molecule has 2 amide bonds. The van der Waals surface area contributed by atoms with Gasteiger partial charge in [0.15, 0.2) is 0 Å². The summed E-state index contributed by atoms with van der Waals surface area (Å²) in [5.41, 5.74) is 2.87. The number of anilines is 1. The van der Waals surface area contributed by atoms with Crippen LogP contribution in [-0.2, 0) is 16.0 Å². The van der Waals surface area contributed by atoms with Crippen molar-refractivity contribution in [1.82, 2.24) is 15.3 Å². The van der Waals surface area contributed by atoms with Gasteiger partial charge in [-0.15, -0.1) is 0 Å².